The molecule has 0 radical (unpaired) electrons. The summed E-state index contributed by atoms with van der Waals surface area (Å²) in [4.78, 5) is 0. The van der Waals surface area contributed by atoms with Gasteiger partial charge < -0.3 is 0 Å². The van der Waals surface area contributed by atoms with Gasteiger partial charge in [0.2, 0.25) is 0 Å². The molecular formula is C86H58. The Morgan fingerprint density at radius 2 is 0.477 bits per heavy atom. The van der Waals surface area contributed by atoms with Crippen LogP contribution in [0.1, 0.15) is 11.1 Å². The molecule has 0 aromatic heterocycles. The molecule has 0 aliphatic carbocycles. The standard InChI is InChI=1S/C44H28.C42H30/c1-2-12-32-27-34(26-21-29(32)11-1)44-40-19-9-7-17-38(40)43(39-18-8-10-20-41(39)44)31-24-22-30(23-25-31)42-28-33-13-3-4-14-35(33)36-15-5-6-16-37(36)42;1-27-10-9-17-35-34(25-18-28(2)40(27)35)30-20-22-31(23-21-30)41-36-13-5-7-15-38(36)42(39-16-8-6-14-37(39)41)33-24-19-29-11-3-4-12-32(29)26-33/h1-28H;3-26H,1-2H3. The summed E-state index contributed by atoms with van der Waals surface area (Å²) in [7, 11) is 0. The summed E-state index contributed by atoms with van der Waals surface area (Å²) in [5.41, 5.74) is 17.8. The fraction of sp³-hybridized carbons (Fsp3) is 0.0233. The molecule has 17 aromatic carbocycles. The van der Waals surface area contributed by atoms with Crippen molar-refractivity contribution in [1.82, 2.24) is 0 Å². The molecule has 402 valence electrons. The minimum absolute atomic E-state index is 1.23. The predicted octanol–water partition coefficient (Wildman–Crippen LogP) is 24.4. The highest BCUT2D eigenvalue weighted by atomic mass is 14.2. The lowest BCUT2D eigenvalue weighted by Gasteiger charge is -2.18. The lowest BCUT2D eigenvalue weighted by molar-refractivity contribution is 1.46. The Morgan fingerprint density at radius 3 is 0.930 bits per heavy atom. The van der Waals surface area contributed by atoms with E-state index in [1.807, 2.05) is 0 Å². The SMILES string of the molecule is Cc1cccc2c(-c3ccc(-c4c5ccccc5c(-c5ccc6ccccc6c5)c5ccccc45)cc3)ccc(C)c12.c1ccc2cc(-c3c4ccccc4c(-c4ccc(-c5cc6ccccc6c6ccccc56)cc4)c4ccccc34)ccc2c1. The Morgan fingerprint density at radius 1 is 0.163 bits per heavy atom. The van der Waals surface area contributed by atoms with E-state index in [4.69, 9.17) is 0 Å². The van der Waals surface area contributed by atoms with Crippen LogP contribution in [0.4, 0.5) is 0 Å². The third-order valence-electron chi connectivity index (χ3n) is 18.1. The molecule has 0 N–H and O–H groups in total. The molecule has 17 rings (SSSR count). The Labute approximate surface area is 501 Å². The summed E-state index contributed by atoms with van der Waals surface area (Å²) < 4.78 is 0. The van der Waals surface area contributed by atoms with Crippen LogP contribution in [-0.2, 0) is 0 Å². The van der Waals surface area contributed by atoms with E-state index in [9.17, 15) is 0 Å². The molecule has 0 amide bonds. The summed E-state index contributed by atoms with van der Waals surface area (Å²) in [6, 6.07) is 116. The van der Waals surface area contributed by atoms with Crippen LogP contribution < -0.4 is 0 Å². The van der Waals surface area contributed by atoms with Crippen LogP contribution in [0.2, 0.25) is 0 Å². The van der Waals surface area contributed by atoms with Crippen LogP contribution in [0, 0.1) is 13.8 Å². The van der Waals surface area contributed by atoms with Crippen LogP contribution in [0.15, 0.2) is 315 Å². The summed E-state index contributed by atoms with van der Waals surface area (Å²) in [6.45, 7) is 4.42. The molecule has 0 heterocycles. The maximum Gasteiger partial charge on any atom is -0.00262 e. The quantitative estimate of drug-likeness (QED) is 0.115. The van der Waals surface area contributed by atoms with Crippen molar-refractivity contribution in [2.45, 2.75) is 13.8 Å². The number of hydrogen-bond acceptors (Lipinski definition) is 0. The summed E-state index contributed by atoms with van der Waals surface area (Å²) in [5, 5.41) is 23.1. The third kappa shape index (κ3) is 8.60. The topological polar surface area (TPSA) is 0 Å². The molecule has 0 aliphatic heterocycles. The van der Waals surface area contributed by atoms with E-state index < -0.39 is 0 Å². The maximum atomic E-state index is 2.34. The Balaban J connectivity index is 0.000000140. The number of hydrogen-bond donors (Lipinski definition) is 0. The zero-order valence-electron chi connectivity index (χ0n) is 48.0. The van der Waals surface area contributed by atoms with Crippen LogP contribution in [-0.4, -0.2) is 0 Å². The first-order valence-electron chi connectivity index (χ1n) is 30.0. The highest BCUT2D eigenvalue weighted by Gasteiger charge is 2.20. The van der Waals surface area contributed by atoms with Crippen molar-refractivity contribution in [1.29, 1.82) is 0 Å². The van der Waals surface area contributed by atoms with Gasteiger partial charge in [-0.2, -0.15) is 0 Å². The predicted molar refractivity (Wildman–Crippen MR) is 373 cm³/mol. The van der Waals surface area contributed by atoms with Crippen LogP contribution in [0.25, 0.3) is 164 Å². The molecule has 0 bridgehead atoms. The minimum Gasteiger partial charge on any atom is -0.0616 e. The second kappa shape index (κ2) is 21.1. The van der Waals surface area contributed by atoms with Crippen molar-refractivity contribution in [3.8, 4) is 66.8 Å². The molecule has 0 heteroatoms. The number of benzene rings is 17. The molecule has 0 fully saturated rings. The summed E-state index contributed by atoms with van der Waals surface area (Å²) in [5.74, 6) is 0. The molecule has 0 atom stereocenters. The molecule has 0 spiro atoms. The van der Waals surface area contributed by atoms with Gasteiger partial charge >= 0.3 is 0 Å². The van der Waals surface area contributed by atoms with E-state index in [1.165, 1.54) is 175 Å². The van der Waals surface area contributed by atoms with E-state index in [0.717, 1.165) is 0 Å². The second-order valence-corrected chi connectivity index (χ2v) is 23.1. The first-order valence-corrected chi connectivity index (χ1v) is 30.0. The normalized spacial score (nSPS) is 11.6. The molecule has 0 unspecified atom stereocenters. The van der Waals surface area contributed by atoms with E-state index in [1.54, 1.807) is 0 Å². The van der Waals surface area contributed by atoms with Crippen molar-refractivity contribution >= 4 is 97.0 Å². The summed E-state index contributed by atoms with van der Waals surface area (Å²) >= 11 is 0. The fourth-order valence-corrected chi connectivity index (χ4v) is 14.2. The first kappa shape index (κ1) is 50.8. The van der Waals surface area contributed by atoms with Crippen molar-refractivity contribution < 1.29 is 0 Å². The lowest BCUT2D eigenvalue weighted by Crippen LogP contribution is -1.91. The minimum atomic E-state index is 1.23. The van der Waals surface area contributed by atoms with Crippen molar-refractivity contribution in [2.24, 2.45) is 0 Å². The number of aryl methyl sites for hydroxylation is 2. The van der Waals surface area contributed by atoms with Gasteiger partial charge in [-0.25, -0.2) is 0 Å². The van der Waals surface area contributed by atoms with Gasteiger partial charge in [0.1, 0.15) is 0 Å². The molecule has 17 aromatic rings. The third-order valence-corrected chi connectivity index (χ3v) is 18.1. The molecule has 86 heavy (non-hydrogen) atoms. The van der Waals surface area contributed by atoms with Gasteiger partial charge in [0.15, 0.2) is 0 Å². The van der Waals surface area contributed by atoms with Crippen LogP contribution in [0.3, 0.4) is 0 Å². The lowest BCUT2D eigenvalue weighted by atomic mass is 9.85. The van der Waals surface area contributed by atoms with E-state index in [0.29, 0.717) is 0 Å². The monoisotopic (exact) mass is 1090 g/mol. The average Bonchev–Trinajstić information content (AvgIpc) is 1.61. The van der Waals surface area contributed by atoms with Gasteiger partial charge in [-0.3, -0.25) is 0 Å². The number of rotatable bonds is 6. The van der Waals surface area contributed by atoms with Gasteiger partial charge in [-0.15, -0.1) is 0 Å². The largest absolute Gasteiger partial charge is 0.0616 e. The van der Waals surface area contributed by atoms with E-state index in [2.05, 4.69) is 329 Å². The van der Waals surface area contributed by atoms with Gasteiger partial charge in [0.25, 0.3) is 0 Å². The highest BCUT2D eigenvalue weighted by molar-refractivity contribution is 6.24. The zero-order valence-corrected chi connectivity index (χ0v) is 48.0. The molecule has 0 nitrogen and oxygen atoms in total. The van der Waals surface area contributed by atoms with Crippen molar-refractivity contribution in [3.05, 3.63) is 327 Å². The Hall–Kier alpha value is -10.9. The highest BCUT2D eigenvalue weighted by Crippen LogP contribution is 2.47. The number of fused-ring (bicyclic) bond motifs is 10. The zero-order chi connectivity index (χ0) is 57.2. The second-order valence-electron chi connectivity index (χ2n) is 23.1. The van der Waals surface area contributed by atoms with E-state index in [-0.39, 0.29) is 0 Å². The maximum absolute atomic E-state index is 2.34. The Kier molecular flexibility index (Phi) is 12.4. The average molecular weight is 1090 g/mol. The molecule has 0 saturated carbocycles. The first-order chi connectivity index (χ1) is 42.5. The van der Waals surface area contributed by atoms with E-state index >= 15 is 0 Å². The van der Waals surface area contributed by atoms with Gasteiger partial charge in [0, 0.05) is 0 Å². The molecule has 0 aliphatic rings. The van der Waals surface area contributed by atoms with Crippen LogP contribution >= 0.6 is 0 Å². The van der Waals surface area contributed by atoms with Crippen LogP contribution in [0.5, 0.6) is 0 Å². The van der Waals surface area contributed by atoms with Gasteiger partial charge in [-0.1, -0.05) is 297 Å². The summed E-state index contributed by atoms with van der Waals surface area (Å²) in [6.07, 6.45) is 0. The van der Waals surface area contributed by atoms with Crippen molar-refractivity contribution in [3.63, 3.8) is 0 Å². The molecular weight excluding hydrogens is 1030 g/mol. The van der Waals surface area contributed by atoms with Gasteiger partial charge in [0.05, 0.1) is 0 Å². The Bertz CT molecular complexity index is 5410. The fourth-order valence-electron chi connectivity index (χ4n) is 14.2. The smallest absolute Gasteiger partial charge is 0.00262 e. The van der Waals surface area contributed by atoms with Crippen molar-refractivity contribution in [2.75, 3.05) is 0 Å². The molecule has 0 saturated heterocycles. The van der Waals surface area contributed by atoms with Gasteiger partial charge in [-0.05, 0) is 207 Å².